The third-order valence-electron chi connectivity index (χ3n) is 2.70. The molecule has 6 heteroatoms. The molecule has 1 atom stereocenters. The molecule has 1 aromatic carbocycles. The molecule has 0 aliphatic rings. The van der Waals surface area contributed by atoms with Crippen LogP contribution < -0.4 is 20.7 Å². The number of hydrogen-bond acceptors (Lipinski definition) is 5. The van der Waals surface area contributed by atoms with E-state index >= 15 is 0 Å². The zero-order valence-corrected chi connectivity index (χ0v) is 13.2. The summed E-state index contributed by atoms with van der Waals surface area (Å²) in [7, 11) is 3.27. The van der Waals surface area contributed by atoms with E-state index in [-0.39, 0.29) is 6.04 Å². The van der Waals surface area contributed by atoms with Gasteiger partial charge in [-0.15, -0.1) is 0 Å². The summed E-state index contributed by atoms with van der Waals surface area (Å²) in [5, 5.41) is 0. The first-order valence-electron chi connectivity index (χ1n) is 5.55. The number of halogens is 1. The summed E-state index contributed by atoms with van der Waals surface area (Å²) in [6.07, 6.45) is 3.02. The van der Waals surface area contributed by atoms with Crippen molar-refractivity contribution in [1.29, 1.82) is 0 Å². The van der Waals surface area contributed by atoms with Crippen molar-refractivity contribution in [3.05, 3.63) is 22.2 Å². The highest BCUT2D eigenvalue weighted by Crippen LogP contribution is 2.40. The second kappa shape index (κ2) is 7.89. The number of ether oxygens (including phenoxy) is 2. The Hall–Kier alpha value is -0.430. The number of thioether (sulfide) groups is 1. The molecule has 0 aliphatic carbocycles. The Morgan fingerprint density at radius 3 is 2.61 bits per heavy atom. The van der Waals surface area contributed by atoms with E-state index in [9.17, 15) is 0 Å². The summed E-state index contributed by atoms with van der Waals surface area (Å²) in [5.74, 6) is 8.17. The minimum Gasteiger partial charge on any atom is -0.495 e. The predicted octanol–water partition coefficient (Wildman–Crippen LogP) is 2.72. The molecule has 0 bridgehead atoms. The van der Waals surface area contributed by atoms with Gasteiger partial charge >= 0.3 is 0 Å². The van der Waals surface area contributed by atoms with E-state index in [2.05, 4.69) is 27.6 Å². The fourth-order valence-electron chi connectivity index (χ4n) is 1.76. The van der Waals surface area contributed by atoms with Gasteiger partial charge in [-0.2, -0.15) is 11.8 Å². The van der Waals surface area contributed by atoms with Crippen molar-refractivity contribution >= 4 is 27.7 Å². The second-order valence-corrected chi connectivity index (χ2v) is 5.48. The molecular formula is C12H19BrN2O2S. The molecule has 0 radical (unpaired) electrons. The first-order valence-corrected chi connectivity index (χ1v) is 7.73. The number of benzene rings is 1. The van der Waals surface area contributed by atoms with Crippen molar-refractivity contribution in [3.63, 3.8) is 0 Å². The van der Waals surface area contributed by atoms with E-state index in [1.807, 2.05) is 12.1 Å². The van der Waals surface area contributed by atoms with Gasteiger partial charge in [0, 0.05) is 5.56 Å². The third kappa shape index (κ3) is 3.54. The maximum atomic E-state index is 5.63. The van der Waals surface area contributed by atoms with Gasteiger partial charge in [-0.3, -0.25) is 11.3 Å². The van der Waals surface area contributed by atoms with Crippen LogP contribution >= 0.6 is 27.7 Å². The largest absolute Gasteiger partial charge is 0.495 e. The standard InChI is InChI=1S/C12H19BrN2O2S/c1-16-10-5-4-8(12(17-2)11(10)13)9(15-14)6-7-18-3/h4-5,9,15H,6-7,14H2,1-3H3. The quantitative estimate of drug-likeness (QED) is 0.593. The SMILES string of the molecule is COc1ccc(C(CCSC)NN)c(OC)c1Br. The van der Waals surface area contributed by atoms with Gasteiger partial charge in [-0.05, 0) is 46.5 Å². The van der Waals surface area contributed by atoms with E-state index in [4.69, 9.17) is 15.3 Å². The Balaban J connectivity index is 3.10. The average molecular weight is 335 g/mol. The van der Waals surface area contributed by atoms with Crippen molar-refractivity contribution < 1.29 is 9.47 Å². The molecule has 0 saturated carbocycles. The zero-order chi connectivity index (χ0) is 13.5. The van der Waals surface area contributed by atoms with E-state index < -0.39 is 0 Å². The summed E-state index contributed by atoms with van der Waals surface area (Å²) in [6.45, 7) is 0. The lowest BCUT2D eigenvalue weighted by molar-refractivity contribution is 0.379. The molecule has 0 heterocycles. The molecule has 1 unspecified atom stereocenters. The van der Waals surface area contributed by atoms with Gasteiger partial charge in [-0.25, -0.2) is 0 Å². The van der Waals surface area contributed by atoms with Crippen molar-refractivity contribution in [2.24, 2.45) is 5.84 Å². The number of rotatable bonds is 7. The Labute approximate surface area is 121 Å². The molecule has 0 aromatic heterocycles. The normalized spacial score (nSPS) is 12.3. The minimum atomic E-state index is 0.0645. The van der Waals surface area contributed by atoms with Crippen LogP contribution in [-0.2, 0) is 0 Å². The van der Waals surface area contributed by atoms with Crippen LogP contribution in [0.4, 0.5) is 0 Å². The first kappa shape index (κ1) is 15.6. The molecule has 0 amide bonds. The molecule has 0 saturated heterocycles. The molecule has 3 N–H and O–H groups in total. The van der Waals surface area contributed by atoms with Gasteiger partial charge in [-0.1, -0.05) is 0 Å². The van der Waals surface area contributed by atoms with Crippen molar-refractivity contribution in [3.8, 4) is 11.5 Å². The number of nitrogens with one attached hydrogen (secondary N) is 1. The third-order valence-corrected chi connectivity index (χ3v) is 4.10. The van der Waals surface area contributed by atoms with E-state index in [0.717, 1.165) is 33.7 Å². The van der Waals surface area contributed by atoms with Crippen LogP contribution in [0.2, 0.25) is 0 Å². The number of hydrogen-bond donors (Lipinski definition) is 2. The van der Waals surface area contributed by atoms with E-state index in [1.54, 1.807) is 26.0 Å². The summed E-state index contributed by atoms with van der Waals surface area (Å²) >= 11 is 5.29. The Morgan fingerprint density at radius 1 is 1.39 bits per heavy atom. The highest BCUT2D eigenvalue weighted by molar-refractivity contribution is 9.10. The number of nitrogens with two attached hydrogens (primary N) is 1. The number of methoxy groups -OCH3 is 2. The Morgan fingerprint density at radius 2 is 2.11 bits per heavy atom. The van der Waals surface area contributed by atoms with Crippen molar-refractivity contribution in [1.82, 2.24) is 5.43 Å². The second-order valence-electron chi connectivity index (χ2n) is 3.71. The highest BCUT2D eigenvalue weighted by atomic mass is 79.9. The fourth-order valence-corrected chi connectivity index (χ4v) is 2.91. The average Bonchev–Trinajstić information content (AvgIpc) is 2.40. The molecule has 1 rings (SSSR count). The van der Waals surface area contributed by atoms with Gasteiger partial charge in [0.1, 0.15) is 16.0 Å². The summed E-state index contributed by atoms with van der Waals surface area (Å²) in [6, 6.07) is 3.95. The van der Waals surface area contributed by atoms with E-state index in [0.29, 0.717) is 0 Å². The topological polar surface area (TPSA) is 56.5 Å². The van der Waals surface area contributed by atoms with Crippen molar-refractivity contribution in [2.75, 3.05) is 26.2 Å². The number of hydrazine groups is 1. The lowest BCUT2D eigenvalue weighted by Gasteiger charge is -2.20. The Kier molecular flexibility index (Phi) is 6.85. The van der Waals surface area contributed by atoms with E-state index in [1.165, 1.54) is 0 Å². The van der Waals surface area contributed by atoms with Crippen LogP contribution in [0.1, 0.15) is 18.0 Å². The first-order chi connectivity index (χ1) is 8.69. The summed E-state index contributed by atoms with van der Waals surface area (Å²) in [5.41, 5.74) is 3.87. The van der Waals surface area contributed by atoms with Crippen molar-refractivity contribution in [2.45, 2.75) is 12.5 Å². The summed E-state index contributed by atoms with van der Waals surface area (Å²) < 4.78 is 11.5. The van der Waals surface area contributed by atoms with Crippen LogP contribution in [0.15, 0.2) is 16.6 Å². The minimum absolute atomic E-state index is 0.0645. The molecule has 1 aromatic rings. The lowest BCUT2D eigenvalue weighted by Crippen LogP contribution is -2.28. The highest BCUT2D eigenvalue weighted by Gasteiger charge is 2.19. The molecule has 0 spiro atoms. The van der Waals surface area contributed by atoms with Crippen LogP contribution in [0.3, 0.4) is 0 Å². The maximum absolute atomic E-state index is 5.63. The molecular weight excluding hydrogens is 316 g/mol. The van der Waals surface area contributed by atoms with Gasteiger partial charge in [0.05, 0.1) is 20.3 Å². The molecule has 4 nitrogen and oxygen atoms in total. The molecule has 102 valence electrons. The molecule has 18 heavy (non-hydrogen) atoms. The molecule has 0 aliphatic heterocycles. The molecule has 0 fully saturated rings. The van der Waals surface area contributed by atoms with Gasteiger partial charge in [0.15, 0.2) is 0 Å². The smallest absolute Gasteiger partial charge is 0.141 e. The lowest BCUT2D eigenvalue weighted by atomic mass is 10.0. The fraction of sp³-hybridized carbons (Fsp3) is 0.500. The Bertz CT molecular complexity index is 391. The van der Waals surface area contributed by atoms with Crippen LogP contribution in [0, 0.1) is 0 Å². The predicted molar refractivity (Wildman–Crippen MR) is 80.3 cm³/mol. The van der Waals surface area contributed by atoms with Crippen LogP contribution in [-0.4, -0.2) is 26.2 Å². The van der Waals surface area contributed by atoms with Gasteiger partial charge in [0.2, 0.25) is 0 Å². The summed E-state index contributed by atoms with van der Waals surface area (Å²) in [4.78, 5) is 0. The monoisotopic (exact) mass is 334 g/mol. The van der Waals surface area contributed by atoms with Crippen LogP contribution in [0.25, 0.3) is 0 Å². The maximum Gasteiger partial charge on any atom is 0.141 e. The van der Waals surface area contributed by atoms with Gasteiger partial charge in [0.25, 0.3) is 0 Å². The zero-order valence-electron chi connectivity index (χ0n) is 10.8. The van der Waals surface area contributed by atoms with Gasteiger partial charge < -0.3 is 9.47 Å². The van der Waals surface area contributed by atoms with Crippen LogP contribution in [0.5, 0.6) is 11.5 Å².